The molecular formula is C13H19N3O2. The Bertz CT molecular complexity index is 448. The first-order valence-corrected chi connectivity index (χ1v) is 6.34. The number of hydrogen-bond acceptors (Lipinski definition) is 5. The third-order valence-corrected chi connectivity index (χ3v) is 3.22. The van der Waals surface area contributed by atoms with Crippen LogP contribution in [-0.2, 0) is 16.0 Å². The molecule has 1 aromatic heterocycles. The van der Waals surface area contributed by atoms with Crippen LogP contribution in [0.15, 0.2) is 6.07 Å². The van der Waals surface area contributed by atoms with Gasteiger partial charge in [-0.25, -0.2) is 14.8 Å². The first-order valence-electron chi connectivity index (χ1n) is 6.34. The van der Waals surface area contributed by atoms with Crippen LogP contribution in [0.1, 0.15) is 31.3 Å². The highest BCUT2D eigenvalue weighted by Crippen LogP contribution is 2.25. The molecule has 0 aromatic carbocycles. The van der Waals surface area contributed by atoms with Gasteiger partial charge < -0.3 is 9.64 Å². The van der Waals surface area contributed by atoms with E-state index < -0.39 is 0 Å². The van der Waals surface area contributed by atoms with Crippen LogP contribution in [0, 0.1) is 6.92 Å². The van der Waals surface area contributed by atoms with E-state index in [1.54, 1.807) is 0 Å². The monoisotopic (exact) mass is 249 g/mol. The first-order chi connectivity index (χ1) is 8.65. The Balaban J connectivity index is 2.29. The van der Waals surface area contributed by atoms with Gasteiger partial charge in [-0.05, 0) is 19.8 Å². The molecule has 1 aliphatic rings. The maximum Gasteiger partial charge on any atom is 0.328 e. The molecule has 0 spiro atoms. The second kappa shape index (κ2) is 5.33. The topological polar surface area (TPSA) is 55.3 Å². The lowest BCUT2D eigenvalue weighted by Gasteiger charge is -2.24. The van der Waals surface area contributed by atoms with Gasteiger partial charge in [0.1, 0.15) is 17.7 Å². The van der Waals surface area contributed by atoms with Gasteiger partial charge in [-0.2, -0.15) is 0 Å². The fourth-order valence-electron chi connectivity index (χ4n) is 2.34. The molecule has 0 aliphatic carbocycles. The highest BCUT2D eigenvalue weighted by Gasteiger charge is 2.32. The van der Waals surface area contributed by atoms with E-state index in [1.165, 1.54) is 7.11 Å². The standard InChI is InChI=1S/C13H19N3O2/c1-4-11-14-9(2)8-12(15-11)16-7-5-6-10(16)13(17)18-3/h8,10H,4-7H2,1-3H3. The summed E-state index contributed by atoms with van der Waals surface area (Å²) < 4.78 is 4.85. The number of anilines is 1. The van der Waals surface area contributed by atoms with Crippen molar-refractivity contribution in [3.05, 3.63) is 17.6 Å². The molecule has 0 saturated carbocycles. The van der Waals surface area contributed by atoms with Crippen molar-refractivity contribution in [1.82, 2.24) is 9.97 Å². The van der Waals surface area contributed by atoms with E-state index in [2.05, 4.69) is 9.97 Å². The fraction of sp³-hybridized carbons (Fsp3) is 0.615. The Morgan fingerprint density at radius 2 is 2.33 bits per heavy atom. The molecule has 2 heterocycles. The molecule has 2 rings (SSSR count). The fourth-order valence-corrected chi connectivity index (χ4v) is 2.34. The van der Waals surface area contributed by atoms with Crippen LogP contribution in [0.2, 0.25) is 0 Å². The van der Waals surface area contributed by atoms with Crippen LogP contribution in [0.3, 0.4) is 0 Å². The molecular weight excluding hydrogens is 230 g/mol. The van der Waals surface area contributed by atoms with Crippen molar-refractivity contribution in [2.75, 3.05) is 18.6 Å². The zero-order valence-electron chi connectivity index (χ0n) is 11.1. The molecule has 18 heavy (non-hydrogen) atoms. The van der Waals surface area contributed by atoms with Crippen molar-refractivity contribution in [3.63, 3.8) is 0 Å². The van der Waals surface area contributed by atoms with Crippen molar-refractivity contribution in [2.24, 2.45) is 0 Å². The van der Waals surface area contributed by atoms with Gasteiger partial charge in [0.25, 0.3) is 0 Å². The maximum absolute atomic E-state index is 11.7. The predicted molar refractivity (Wildman–Crippen MR) is 68.5 cm³/mol. The summed E-state index contributed by atoms with van der Waals surface area (Å²) in [5.41, 5.74) is 0.937. The molecule has 5 nitrogen and oxygen atoms in total. The van der Waals surface area contributed by atoms with Crippen molar-refractivity contribution in [3.8, 4) is 0 Å². The van der Waals surface area contributed by atoms with Gasteiger partial charge in [-0.15, -0.1) is 0 Å². The second-order valence-electron chi connectivity index (χ2n) is 4.51. The number of carbonyl (C=O) groups excluding carboxylic acids is 1. The SMILES string of the molecule is CCc1nc(C)cc(N2CCCC2C(=O)OC)n1. The molecule has 0 bridgehead atoms. The average molecular weight is 249 g/mol. The third-order valence-electron chi connectivity index (χ3n) is 3.22. The van der Waals surface area contributed by atoms with Gasteiger partial charge in [-0.1, -0.05) is 6.92 Å². The van der Waals surface area contributed by atoms with Gasteiger partial charge in [0, 0.05) is 24.7 Å². The van der Waals surface area contributed by atoms with Crippen LogP contribution in [-0.4, -0.2) is 35.6 Å². The summed E-state index contributed by atoms with van der Waals surface area (Å²) in [4.78, 5) is 22.6. The minimum Gasteiger partial charge on any atom is -0.467 e. The number of nitrogens with zero attached hydrogens (tertiary/aromatic N) is 3. The van der Waals surface area contributed by atoms with E-state index in [0.29, 0.717) is 0 Å². The van der Waals surface area contributed by atoms with Crippen LogP contribution >= 0.6 is 0 Å². The minimum atomic E-state index is -0.200. The molecule has 1 fully saturated rings. The number of rotatable bonds is 3. The summed E-state index contributed by atoms with van der Waals surface area (Å²) in [6, 6.07) is 1.73. The normalized spacial score (nSPS) is 19.1. The quantitative estimate of drug-likeness (QED) is 0.760. The summed E-state index contributed by atoms with van der Waals surface area (Å²) in [6.45, 7) is 4.83. The molecule has 1 unspecified atom stereocenters. The number of ether oxygens (including phenoxy) is 1. The number of aryl methyl sites for hydroxylation is 2. The van der Waals surface area contributed by atoms with Crippen molar-refractivity contribution in [2.45, 2.75) is 39.2 Å². The first kappa shape index (κ1) is 12.8. The van der Waals surface area contributed by atoms with Crippen molar-refractivity contribution >= 4 is 11.8 Å². The molecule has 0 radical (unpaired) electrons. The van der Waals surface area contributed by atoms with E-state index in [4.69, 9.17) is 4.74 Å². The molecule has 98 valence electrons. The van der Waals surface area contributed by atoms with E-state index in [0.717, 1.165) is 43.1 Å². The number of carbonyl (C=O) groups is 1. The second-order valence-corrected chi connectivity index (χ2v) is 4.51. The lowest BCUT2D eigenvalue weighted by molar-refractivity contribution is -0.141. The molecule has 0 N–H and O–H groups in total. The molecule has 1 aromatic rings. The van der Waals surface area contributed by atoms with Gasteiger partial charge in [-0.3, -0.25) is 0 Å². The Morgan fingerprint density at radius 1 is 1.56 bits per heavy atom. The number of esters is 1. The highest BCUT2D eigenvalue weighted by atomic mass is 16.5. The number of methoxy groups -OCH3 is 1. The number of aromatic nitrogens is 2. The lowest BCUT2D eigenvalue weighted by Crippen LogP contribution is -2.37. The number of hydrogen-bond donors (Lipinski definition) is 0. The minimum absolute atomic E-state index is 0.179. The zero-order valence-corrected chi connectivity index (χ0v) is 11.1. The maximum atomic E-state index is 11.7. The summed E-state index contributed by atoms with van der Waals surface area (Å²) >= 11 is 0. The predicted octanol–water partition coefficient (Wildman–Crippen LogP) is 1.49. The van der Waals surface area contributed by atoms with E-state index in [9.17, 15) is 4.79 Å². The summed E-state index contributed by atoms with van der Waals surface area (Å²) in [7, 11) is 1.43. The summed E-state index contributed by atoms with van der Waals surface area (Å²) in [5.74, 6) is 1.48. The molecule has 1 aliphatic heterocycles. The summed E-state index contributed by atoms with van der Waals surface area (Å²) in [6.07, 6.45) is 2.62. The highest BCUT2D eigenvalue weighted by molar-refractivity contribution is 5.80. The van der Waals surface area contributed by atoms with Gasteiger partial charge in [0.2, 0.25) is 0 Å². The lowest BCUT2D eigenvalue weighted by atomic mass is 10.2. The van der Waals surface area contributed by atoms with Gasteiger partial charge in [0.15, 0.2) is 0 Å². The van der Waals surface area contributed by atoms with Crippen LogP contribution in [0.4, 0.5) is 5.82 Å². The Labute approximate surface area is 107 Å². The largest absolute Gasteiger partial charge is 0.467 e. The van der Waals surface area contributed by atoms with Crippen LogP contribution < -0.4 is 4.90 Å². The molecule has 0 amide bonds. The van der Waals surface area contributed by atoms with Crippen LogP contribution in [0.5, 0.6) is 0 Å². The van der Waals surface area contributed by atoms with E-state index in [-0.39, 0.29) is 12.0 Å². The van der Waals surface area contributed by atoms with E-state index >= 15 is 0 Å². The van der Waals surface area contributed by atoms with Crippen LogP contribution in [0.25, 0.3) is 0 Å². The van der Waals surface area contributed by atoms with Crippen molar-refractivity contribution in [1.29, 1.82) is 0 Å². The van der Waals surface area contributed by atoms with Gasteiger partial charge >= 0.3 is 5.97 Å². The third kappa shape index (κ3) is 2.44. The smallest absolute Gasteiger partial charge is 0.328 e. The molecule has 1 saturated heterocycles. The zero-order chi connectivity index (χ0) is 13.1. The summed E-state index contributed by atoms with van der Waals surface area (Å²) in [5, 5.41) is 0. The Morgan fingerprint density at radius 3 is 3.00 bits per heavy atom. The van der Waals surface area contributed by atoms with Crippen molar-refractivity contribution < 1.29 is 9.53 Å². The average Bonchev–Trinajstić information content (AvgIpc) is 2.86. The molecule has 5 heteroatoms. The Hall–Kier alpha value is -1.65. The molecule has 1 atom stereocenters. The van der Waals surface area contributed by atoms with Gasteiger partial charge in [0.05, 0.1) is 7.11 Å². The Kier molecular flexibility index (Phi) is 3.79. The van der Waals surface area contributed by atoms with E-state index in [1.807, 2.05) is 24.8 Å².